The van der Waals surface area contributed by atoms with Crippen LogP contribution in [-0.2, 0) is 0 Å². The van der Waals surface area contributed by atoms with Gasteiger partial charge in [0.1, 0.15) is 5.82 Å². The molecule has 0 bridgehead atoms. The molecule has 1 aliphatic rings. The fourth-order valence-corrected chi connectivity index (χ4v) is 3.58. The van der Waals surface area contributed by atoms with Gasteiger partial charge in [-0.1, -0.05) is 40.9 Å². The minimum Gasteiger partial charge on any atom is -0.205 e. The van der Waals surface area contributed by atoms with E-state index in [9.17, 15) is 4.39 Å². The summed E-state index contributed by atoms with van der Waals surface area (Å²) in [6.07, 6.45) is 5.83. The number of benzene rings is 1. The van der Waals surface area contributed by atoms with Crippen LogP contribution in [0, 0.1) is 5.82 Å². The molecule has 0 N–H and O–H groups in total. The first-order valence-electron chi connectivity index (χ1n) is 5.76. The molecule has 2 atom stereocenters. The van der Waals surface area contributed by atoms with Crippen molar-refractivity contribution in [1.29, 1.82) is 0 Å². The molecule has 0 nitrogen and oxygen atoms in total. The maximum atomic E-state index is 14.0. The van der Waals surface area contributed by atoms with Gasteiger partial charge in [-0.25, -0.2) is 4.39 Å². The summed E-state index contributed by atoms with van der Waals surface area (Å²) in [4.78, 5) is 0.540. The van der Waals surface area contributed by atoms with E-state index in [1.54, 1.807) is 6.07 Å². The second-order valence-electron chi connectivity index (χ2n) is 4.46. The summed E-state index contributed by atoms with van der Waals surface area (Å²) in [6, 6.07) is 5.62. The fourth-order valence-electron chi connectivity index (χ4n) is 2.42. The largest absolute Gasteiger partial charge is 0.205 e. The second-order valence-corrected chi connectivity index (χ2v) is 6.61. The molecular weight excluding hydrogens is 335 g/mol. The second kappa shape index (κ2) is 5.63. The van der Waals surface area contributed by atoms with Gasteiger partial charge >= 0.3 is 0 Å². The summed E-state index contributed by atoms with van der Waals surface area (Å²) in [5.41, 5.74) is 0.876. The fraction of sp³-hybridized carbons (Fsp3) is 0.538. The Morgan fingerprint density at radius 3 is 2.75 bits per heavy atom. The molecule has 0 heterocycles. The molecule has 2 unspecified atom stereocenters. The van der Waals surface area contributed by atoms with Gasteiger partial charge in [0.15, 0.2) is 0 Å². The Labute approximate surface area is 113 Å². The smallest absolute Gasteiger partial charge is 0.140 e. The standard InChI is InChI=1S/C13H15Br2F/c14-10-5-2-1-4-9(8-10)11-6-3-7-12(15)13(11)16/h3,6-7,9-10H,1-2,4-5,8H2. The van der Waals surface area contributed by atoms with Gasteiger partial charge in [-0.15, -0.1) is 0 Å². The van der Waals surface area contributed by atoms with Gasteiger partial charge in [-0.3, -0.25) is 0 Å². The summed E-state index contributed by atoms with van der Waals surface area (Å²) >= 11 is 6.95. The van der Waals surface area contributed by atoms with E-state index in [0.717, 1.165) is 18.4 Å². The van der Waals surface area contributed by atoms with Crippen LogP contribution in [0.4, 0.5) is 4.39 Å². The molecular formula is C13H15Br2F. The summed E-state index contributed by atoms with van der Waals surface area (Å²) in [5.74, 6) is 0.290. The highest BCUT2D eigenvalue weighted by Gasteiger charge is 2.22. The van der Waals surface area contributed by atoms with E-state index in [4.69, 9.17) is 0 Å². The number of hydrogen-bond acceptors (Lipinski definition) is 0. The Hall–Kier alpha value is 0.110. The Morgan fingerprint density at radius 1 is 1.19 bits per heavy atom. The summed E-state index contributed by atoms with van der Waals surface area (Å²) in [5, 5.41) is 0. The minimum atomic E-state index is -0.0749. The Morgan fingerprint density at radius 2 is 1.94 bits per heavy atom. The summed E-state index contributed by atoms with van der Waals surface area (Å²) in [6.45, 7) is 0. The first-order valence-corrected chi connectivity index (χ1v) is 7.47. The monoisotopic (exact) mass is 348 g/mol. The van der Waals surface area contributed by atoms with E-state index in [-0.39, 0.29) is 5.82 Å². The predicted octanol–water partition coefficient (Wildman–Crippen LogP) is 5.40. The summed E-state index contributed by atoms with van der Waals surface area (Å²) in [7, 11) is 0. The number of rotatable bonds is 1. The van der Waals surface area contributed by atoms with Gasteiger partial charge in [0.2, 0.25) is 0 Å². The van der Waals surface area contributed by atoms with E-state index in [2.05, 4.69) is 31.9 Å². The van der Waals surface area contributed by atoms with Crippen molar-refractivity contribution < 1.29 is 4.39 Å². The van der Waals surface area contributed by atoms with E-state index in [0.29, 0.717) is 15.2 Å². The maximum Gasteiger partial charge on any atom is 0.140 e. The molecule has 88 valence electrons. The SMILES string of the molecule is Fc1c(Br)cccc1C1CCCCC(Br)C1. The molecule has 2 rings (SSSR count). The highest BCUT2D eigenvalue weighted by molar-refractivity contribution is 9.10. The van der Waals surface area contributed by atoms with Crippen LogP contribution in [0.25, 0.3) is 0 Å². The normalized spacial score (nSPS) is 26.4. The van der Waals surface area contributed by atoms with Crippen LogP contribution in [0.2, 0.25) is 0 Å². The van der Waals surface area contributed by atoms with Crippen LogP contribution in [-0.4, -0.2) is 4.83 Å². The van der Waals surface area contributed by atoms with Crippen molar-refractivity contribution in [3.05, 3.63) is 34.1 Å². The highest BCUT2D eigenvalue weighted by atomic mass is 79.9. The van der Waals surface area contributed by atoms with E-state index >= 15 is 0 Å². The number of halogens is 3. The third-order valence-electron chi connectivity index (χ3n) is 3.28. The molecule has 1 aromatic rings. The lowest BCUT2D eigenvalue weighted by molar-refractivity contribution is 0.537. The molecule has 1 saturated carbocycles. The van der Waals surface area contributed by atoms with Crippen LogP contribution < -0.4 is 0 Å². The zero-order chi connectivity index (χ0) is 11.5. The lowest BCUT2D eigenvalue weighted by Crippen LogP contribution is -2.06. The predicted molar refractivity (Wildman–Crippen MR) is 72.6 cm³/mol. The van der Waals surface area contributed by atoms with E-state index in [1.807, 2.05) is 12.1 Å². The van der Waals surface area contributed by atoms with Crippen LogP contribution in [0.15, 0.2) is 22.7 Å². The molecule has 1 aromatic carbocycles. The van der Waals surface area contributed by atoms with Gasteiger partial charge in [0, 0.05) is 4.83 Å². The van der Waals surface area contributed by atoms with Gasteiger partial charge in [-0.05, 0) is 52.7 Å². The molecule has 0 spiro atoms. The summed E-state index contributed by atoms with van der Waals surface area (Å²) < 4.78 is 14.6. The van der Waals surface area contributed by atoms with Crippen molar-refractivity contribution in [3.8, 4) is 0 Å². The first-order chi connectivity index (χ1) is 7.68. The number of hydrogen-bond donors (Lipinski definition) is 0. The van der Waals surface area contributed by atoms with Crippen LogP contribution >= 0.6 is 31.9 Å². The molecule has 0 aromatic heterocycles. The van der Waals surface area contributed by atoms with Crippen LogP contribution in [0.1, 0.15) is 43.6 Å². The lowest BCUT2D eigenvalue weighted by Gasteiger charge is -2.17. The van der Waals surface area contributed by atoms with Gasteiger partial charge < -0.3 is 0 Å². The highest BCUT2D eigenvalue weighted by Crippen LogP contribution is 2.37. The van der Waals surface area contributed by atoms with E-state index < -0.39 is 0 Å². The molecule has 3 heteroatoms. The van der Waals surface area contributed by atoms with Crippen molar-refractivity contribution in [3.63, 3.8) is 0 Å². The Bertz CT molecular complexity index is 365. The third-order valence-corrected chi connectivity index (χ3v) is 4.73. The average molecular weight is 350 g/mol. The van der Waals surface area contributed by atoms with Crippen molar-refractivity contribution in [2.75, 3.05) is 0 Å². The molecule has 0 radical (unpaired) electrons. The molecule has 1 fully saturated rings. The quantitative estimate of drug-likeness (QED) is 0.470. The van der Waals surface area contributed by atoms with Crippen molar-refractivity contribution in [2.45, 2.75) is 42.8 Å². The average Bonchev–Trinajstić information content (AvgIpc) is 2.47. The van der Waals surface area contributed by atoms with Crippen molar-refractivity contribution in [2.24, 2.45) is 0 Å². The Balaban J connectivity index is 2.24. The third kappa shape index (κ3) is 2.86. The van der Waals surface area contributed by atoms with Crippen LogP contribution in [0.3, 0.4) is 0 Å². The maximum absolute atomic E-state index is 14.0. The molecule has 0 saturated heterocycles. The zero-order valence-electron chi connectivity index (χ0n) is 9.06. The minimum absolute atomic E-state index is 0.0749. The molecule has 0 amide bonds. The molecule has 16 heavy (non-hydrogen) atoms. The Kier molecular flexibility index (Phi) is 4.42. The van der Waals surface area contributed by atoms with Gasteiger partial charge in [0.25, 0.3) is 0 Å². The zero-order valence-corrected chi connectivity index (χ0v) is 12.2. The van der Waals surface area contributed by atoms with Gasteiger partial charge in [0.05, 0.1) is 4.47 Å². The van der Waals surface area contributed by atoms with E-state index in [1.165, 1.54) is 19.3 Å². The topological polar surface area (TPSA) is 0 Å². The molecule has 0 aliphatic heterocycles. The van der Waals surface area contributed by atoms with Crippen molar-refractivity contribution in [1.82, 2.24) is 0 Å². The van der Waals surface area contributed by atoms with Crippen LogP contribution in [0.5, 0.6) is 0 Å². The first kappa shape index (κ1) is 12.6. The molecule has 1 aliphatic carbocycles. The van der Waals surface area contributed by atoms with Gasteiger partial charge in [-0.2, -0.15) is 0 Å². The lowest BCUT2D eigenvalue weighted by atomic mass is 9.91. The number of alkyl halides is 1. The van der Waals surface area contributed by atoms with Crippen molar-refractivity contribution >= 4 is 31.9 Å².